The van der Waals surface area contributed by atoms with E-state index in [0.29, 0.717) is 49.0 Å². The summed E-state index contributed by atoms with van der Waals surface area (Å²) in [4.78, 5) is 10.0. The fourth-order valence-electron chi connectivity index (χ4n) is 7.38. The van der Waals surface area contributed by atoms with E-state index in [1.54, 1.807) is 6.08 Å². The molecule has 0 amide bonds. The van der Waals surface area contributed by atoms with Crippen LogP contribution in [-0.2, 0) is 4.74 Å². The van der Waals surface area contributed by atoms with Gasteiger partial charge in [0.15, 0.2) is 0 Å². The van der Waals surface area contributed by atoms with Crippen molar-refractivity contribution in [3.05, 3.63) is 58.9 Å². The quantitative estimate of drug-likeness (QED) is 0.337. The number of rotatable bonds is 9. The van der Waals surface area contributed by atoms with E-state index in [1.165, 1.54) is 29.5 Å². The Kier molecular flexibility index (Phi) is 7.77. The van der Waals surface area contributed by atoms with Gasteiger partial charge in [-0.2, -0.15) is 0 Å². The molecule has 1 aromatic carbocycles. The second-order valence-electron chi connectivity index (χ2n) is 12.0. The zero-order valence-corrected chi connectivity index (χ0v) is 23.3. The Bertz CT molecular complexity index is 1210. The molecular formula is C33H43N3O3. The lowest BCUT2D eigenvalue weighted by Crippen LogP contribution is -2.50. The first-order chi connectivity index (χ1) is 19.1. The molecule has 0 saturated heterocycles. The summed E-state index contributed by atoms with van der Waals surface area (Å²) in [7, 11) is 0. The average Bonchev–Trinajstić information content (AvgIpc) is 2.96. The van der Waals surface area contributed by atoms with Crippen molar-refractivity contribution in [2.75, 3.05) is 6.61 Å². The Balaban J connectivity index is 1.29. The van der Waals surface area contributed by atoms with Gasteiger partial charge in [0.2, 0.25) is 6.35 Å². The van der Waals surface area contributed by atoms with E-state index in [2.05, 4.69) is 61.7 Å². The number of nitrogens with one attached hydrogen (secondary N) is 1. The number of ether oxygens (including phenoxy) is 1. The Morgan fingerprint density at radius 1 is 1.08 bits per heavy atom. The van der Waals surface area contributed by atoms with Gasteiger partial charge in [0, 0.05) is 18.3 Å². The summed E-state index contributed by atoms with van der Waals surface area (Å²) in [5.74, 6) is 3.70. The van der Waals surface area contributed by atoms with Gasteiger partial charge < -0.3 is 20.3 Å². The molecule has 5 aliphatic rings. The van der Waals surface area contributed by atoms with Gasteiger partial charge in [-0.05, 0) is 72.1 Å². The minimum Gasteiger partial charge on any atom is -0.513 e. The SMILES string of the molecule is CCCCC(CC)COC1N=C(C2CCC(O)=CC2O)N=C(C2CCC3C=Cc4cccc5c4C3C2C=C5)N1. The number of hydrogen-bond donors (Lipinski definition) is 3. The largest absolute Gasteiger partial charge is 0.513 e. The lowest BCUT2D eigenvalue weighted by atomic mass is 9.59. The molecule has 3 N–H and O–H groups in total. The maximum absolute atomic E-state index is 10.8. The van der Waals surface area contributed by atoms with E-state index in [0.717, 1.165) is 31.5 Å². The highest BCUT2D eigenvalue weighted by molar-refractivity contribution is 6.01. The summed E-state index contributed by atoms with van der Waals surface area (Å²) in [5.41, 5.74) is 4.19. The first-order valence-corrected chi connectivity index (χ1v) is 15.2. The van der Waals surface area contributed by atoms with Crippen LogP contribution < -0.4 is 5.32 Å². The molecule has 6 heteroatoms. The number of aliphatic imine (C=N–C) groups is 2. The number of allylic oxidation sites excluding steroid dienone is 3. The fraction of sp³-hybridized carbons (Fsp3) is 0.576. The highest BCUT2D eigenvalue weighted by Crippen LogP contribution is 2.53. The van der Waals surface area contributed by atoms with E-state index in [4.69, 9.17) is 14.7 Å². The van der Waals surface area contributed by atoms with Gasteiger partial charge >= 0.3 is 0 Å². The molecule has 8 unspecified atom stereocenters. The Morgan fingerprint density at radius 3 is 2.67 bits per heavy atom. The van der Waals surface area contributed by atoms with Crippen LogP contribution in [0.3, 0.4) is 0 Å². The van der Waals surface area contributed by atoms with Crippen molar-refractivity contribution in [3.8, 4) is 0 Å². The maximum atomic E-state index is 10.8. The van der Waals surface area contributed by atoms with Crippen molar-refractivity contribution in [2.24, 2.45) is 39.6 Å². The van der Waals surface area contributed by atoms with Crippen molar-refractivity contribution < 1.29 is 14.9 Å². The average molecular weight is 530 g/mol. The first-order valence-electron chi connectivity index (χ1n) is 15.2. The predicted molar refractivity (Wildman–Crippen MR) is 157 cm³/mol. The van der Waals surface area contributed by atoms with E-state index < -0.39 is 12.5 Å². The van der Waals surface area contributed by atoms with Crippen LogP contribution in [0.2, 0.25) is 0 Å². The molecule has 1 heterocycles. The second-order valence-corrected chi connectivity index (χ2v) is 12.0. The molecule has 8 atom stereocenters. The molecule has 0 aromatic heterocycles. The molecule has 6 rings (SSSR count). The van der Waals surface area contributed by atoms with E-state index in [-0.39, 0.29) is 17.6 Å². The summed E-state index contributed by atoms with van der Waals surface area (Å²) < 4.78 is 6.42. The van der Waals surface area contributed by atoms with Crippen LogP contribution in [0.15, 0.2) is 52.2 Å². The number of nitrogens with zero attached hydrogens (tertiary/aromatic N) is 2. The van der Waals surface area contributed by atoms with Crippen LogP contribution in [0.1, 0.15) is 87.8 Å². The summed E-state index contributed by atoms with van der Waals surface area (Å²) in [6.45, 7) is 5.12. The molecule has 4 aliphatic carbocycles. The van der Waals surface area contributed by atoms with Gasteiger partial charge in [0.05, 0.1) is 18.5 Å². The van der Waals surface area contributed by atoms with E-state index in [1.807, 2.05) is 0 Å². The van der Waals surface area contributed by atoms with Crippen LogP contribution in [0.5, 0.6) is 0 Å². The van der Waals surface area contributed by atoms with Gasteiger partial charge in [0.1, 0.15) is 11.7 Å². The fourth-order valence-corrected chi connectivity index (χ4v) is 7.38. The third-order valence-electron chi connectivity index (χ3n) is 9.64. The topological polar surface area (TPSA) is 86.4 Å². The van der Waals surface area contributed by atoms with Crippen LogP contribution in [0.4, 0.5) is 0 Å². The summed E-state index contributed by atoms with van der Waals surface area (Å²) in [6.07, 6.45) is 17.7. The third kappa shape index (κ3) is 5.26. The first kappa shape index (κ1) is 26.5. The predicted octanol–water partition coefficient (Wildman–Crippen LogP) is 6.60. The summed E-state index contributed by atoms with van der Waals surface area (Å²) in [5, 5.41) is 24.4. The van der Waals surface area contributed by atoms with Crippen LogP contribution in [0, 0.1) is 29.6 Å². The molecule has 1 aromatic rings. The minimum atomic E-state index is -0.794. The number of benzene rings is 1. The highest BCUT2D eigenvalue weighted by atomic mass is 16.5. The van der Waals surface area contributed by atoms with E-state index >= 15 is 0 Å². The molecule has 1 aliphatic heterocycles. The molecule has 0 spiro atoms. The molecule has 208 valence electrons. The van der Waals surface area contributed by atoms with Crippen LogP contribution in [0.25, 0.3) is 12.2 Å². The molecule has 39 heavy (non-hydrogen) atoms. The van der Waals surface area contributed by atoms with Gasteiger partial charge in [-0.3, -0.25) is 0 Å². The zero-order chi connectivity index (χ0) is 26.9. The van der Waals surface area contributed by atoms with Gasteiger partial charge in [-0.1, -0.05) is 75.6 Å². The molecule has 1 saturated carbocycles. The Hall–Kier alpha value is -2.70. The molecule has 6 nitrogen and oxygen atoms in total. The monoisotopic (exact) mass is 529 g/mol. The molecule has 0 bridgehead atoms. The lowest BCUT2D eigenvalue weighted by Gasteiger charge is -2.46. The minimum absolute atomic E-state index is 0.235. The Morgan fingerprint density at radius 2 is 1.90 bits per heavy atom. The van der Waals surface area contributed by atoms with Crippen LogP contribution in [-0.4, -0.2) is 40.9 Å². The van der Waals surface area contributed by atoms with Crippen molar-refractivity contribution in [3.63, 3.8) is 0 Å². The van der Waals surface area contributed by atoms with Gasteiger partial charge in [0.25, 0.3) is 0 Å². The zero-order valence-electron chi connectivity index (χ0n) is 23.3. The molecule has 0 radical (unpaired) electrons. The van der Waals surface area contributed by atoms with Gasteiger partial charge in [-0.15, -0.1) is 0 Å². The molecule has 1 fully saturated rings. The van der Waals surface area contributed by atoms with Gasteiger partial charge in [-0.25, -0.2) is 9.98 Å². The Labute approximate surface area is 232 Å². The highest BCUT2D eigenvalue weighted by Gasteiger charge is 2.45. The smallest absolute Gasteiger partial charge is 0.228 e. The standard InChI is InChI=1S/C33H43N3O3/c1-3-5-7-20(4-2)19-39-33-35-31(34-32(36-33)27-17-14-24(37)18-28(27)38)26-16-13-23-11-10-21-8-6-9-22-12-15-25(26)30(23)29(21)22/h6,8-12,15,18,20,23,25-28,30,33,37-38H,3-5,7,13-14,16-17,19H2,1-2H3,(H,34,35,36). The summed E-state index contributed by atoms with van der Waals surface area (Å²) in [6, 6.07) is 6.64. The number of aliphatic hydroxyl groups excluding tert-OH is 2. The second kappa shape index (κ2) is 11.4. The van der Waals surface area contributed by atoms with Crippen molar-refractivity contribution >= 4 is 23.8 Å². The molecular weight excluding hydrogens is 486 g/mol. The number of hydrogen-bond acceptors (Lipinski definition) is 6. The number of amidine groups is 2. The van der Waals surface area contributed by atoms with E-state index in [9.17, 15) is 10.2 Å². The van der Waals surface area contributed by atoms with Crippen molar-refractivity contribution in [2.45, 2.75) is 83.6 Å². The van der Waals surface area contributed by atoms with Crippen molar-refractivity contribution in [1.29, 1.82) is 0 Å². The maximum Gasteiger partial charge on any atom is 0.228 e. The number of unbranched alkanes of at least 4 members (excludes halogenated alkanes) is 1. The summed E-state index contributed by atoms with van der Waals surface area (Å²) >= 11 is 0. The third-order valence-corrected chi connectivity index (χ3v) is 9.64. The lowest BCUT2D eigenvalue weighted by molar-refractivity contribution is 0.0194. The van der Waals surface area contributed by atoms with Crippen molar-refractivity contribution in [1.82, 2.24) is 5.32 Å². The normalized spacial score (nSPS) is 33.4. The number of aliphatic hydroxyl groups is 2. The van der Waals surface area contributed by atoms with Crippen LogP contribution >= 0.6 is 0 Å².